The minimum Gasteiger partial charge on any atom is -0.862 e. The molecule has 0 spiro atoms. The molecule has 20 heavy (non-hydrogen) atoms. The van der Waals surface area contributed by atoms with Crippen molar-refractivity contribution in [3.8, 4) is 5.75 Å². The smallest absolute Gasteiger partial charge is 0.862 e. The van der Waals surface area contributed by atoms with Gasteiger partial charge in [-0.1, -0.05) is 6.07 Å². The van der Waals surface area contributed by atoms with E-state index < -0.39 is 10.1 Å². The van der Waals surface area contributed by atoms with E-state index in [-0.39, 0.29) is 76.1 Å². The fraction of sp³-hybridized carbons (Fsp3) is 0.417. The molecule has 6 nitrogen and oxygen atoms in total. The van der Waals surface area contributed by atoms with Crippen molar-refractivity contribution in [3.05, 3.63) is 23.8 Å². The minimum absolute atomic E-state index is 0. The Balaban J connectivity index is 0.00000361. The van der Waals surface area contributed by atoms with E-state index in [1.165, 1.54) is 6.92 Å². The molecule has 1 rings (SSSR count). The molecule has 106 valence electrons. The van der Waals surface area contributed by atoms with E-state index in [9.17, 15) is 13.5 Å². The van der Waals surface area contributed by atoms with Gasteiger partial charge in [0.1, 0.15) is 11.4 Å². The van der Waals surface area contributed by atoms with Crippen LogP contribution in [0.25, 0.3) is 0 Å². The molecule has 0 aliphatic carbocycles. The second kappa shape index (κ2) is 9.14. The van der Waals surface area contributed by atoms with E-state index >= 15 is 0 Å². The number of nitrogens with zero attached hydrogens (tertiary/aromatic N) is 1. The van der Waals surface area contributed by atoms with Gasteiger partial charge in [-0.15, -0.1) is 0 Å². The Morgan fingerprint density at radius 2 is 2.10 bits per heavy atom. The van der Waals surface area contributed by atoms with Crippen LogP contribution in [-0.4, -0.2) is 31.2 Å². The van der Waals surface area contributed by atoms with E-state index in [1.807, 2.05) is 6.92 Å². The molecule has 0 fully saturated rings. The number of ether oxygens (including phenoxy) is 1. The zero-order valence-electron chi connectivity index (χ0n) is 11.8. The van der Waals surface area contributed by atoms with Gasteiger partial charge in [0.25, 0.3) is 10.1 Å². The first-order valence-electron chi connectivity index (χ1n) is 5.69. The summed E-state index contributed by atoms with van der Waals surface area (Å²) in [6.45, 7) is 3.31. The molecule has 1 aromatic carbocycles. The van der Waals surface area contributed by atoms with Crippen LogP contribution in [0.4, 0.5) is 5.69 Å². The van der Waals surface area contributed by atoms with E-state index in [0.29, 0.717) is 11.4 Å². The van der Waals surface area contributed by atoms with E-state index in [0.717, 1.165) is 5.56 Å². The van der Waals surface area contributed by atoms with Gasteiger partial charge < -0.3 is 9.84 Å². The van der Waals surface area contributed by atoms with Gasteiger partial charge in [-0.05, 0) is 43.9 Å². The van der Waals surface area contributed by atoms with Gasteiger partial charge in [0.15, 0.2) is 0 Å². The molecule has 0 aliphatic rings. The van der Waals surface area contributed by atoms with E-state index in [1.54, 1.807) is 18.2 Å². The third-order valence-electron chi connectivity index (χ3n) is 2.20. The number of hydrogen-bond donors (Lipinski definition) is 1. The SMILES string of the molecule is CC([O-])=Nc1cc(C)ccc1OCCCS(=O)(=O)O.[K+]. The summed E-state index contributed by atoms with van der Waals surface area (Å²) >= 11 is 0. The summed E-state index contributed by atoms with van der Waals surface area (Å²) in [4.78, 5) is 3.82. The number of benzene rings is 1. The largest absolute Gasteiger partial charge is 1.00 e. The molecule has 0 heterocycles. The Morgan fingerprint density at radius 3 is 2.65 bits per heavy atom. The summed E-state index contributed by atoms with van der Waals surface area (Å²) in [7, 11) is -3.97. The van der Waals surface area contributed by atoms with Gasteiger partial charge in [-0.25, -0.2) is 0 Å². The summed E-state index contributed by atoms with van der Waals surface area (Å²) in [5, 5.41) is 11.0. The Morgan fingerprint density at radius 1 is 1.45 bits per heavy atom. The summed E-state index contributed by atoms with van der Waals surface area (Å²) < 4.78 is 35.0. The van der Waals surface area contributed by atoms with Gasteiger partial charge >= 0.3 is 51.4 Å². The number of rotatable bonds is 6. The third kappa shape index (κ3) is 8.35. The molecule has 0 aromatic heterocycles. The van der Waals surface area contributed by atoms with Crippen molar-refractivity contribution in [1.29, 1.82) is 0 Å². The third-order valence-corrected chi connectivity index (χ3v) is 3.00. The van der Waals surface area contributed by atoms with Crippen LogP contribution < -0.4 is 61.2 Å². The fourth-order valence-corrected chi connectivity index (χ4v) is 1.91. The summed E-state index contributed by atoms with van der Waals surface area (Å²) in [5.41, 5.74) is 1.35. The number of hydrogen-bond acceptors (Lipinski definition) is 5. The second-order valence-electron chi connectivity index (χ2n) is 4.09. The van der Waals surface area contributed by atoms with Crippen molar-refractivity contribution < 1.29 is 74.2 Å². The molecular formula is C12H16KNO5S. The van der Waals surface area contributed by atoms with Crippen molar-refractivity contribution in [2.75, 3.05) is 12.4 Å². The second-order valence-corrected chi connectivity index (χ2v) is 5.66. The van der Waals surface area contributed by atoms with Crippen LogP contribution in [-0.2, 0) is 10.1 Å². The van der Waals surface area contributed by atoms with Gasteiger partial charge in [0, 0.05) is 0 Å². The molecule has 0 saturated carbocycles. The zero-order chi connectivity index (χ0) is 14.5. The topological polar surface area (TPSA) is 99.0 Å². The number of aliphatic imine (C=N–C) groups is 1. The molecule has 0 aliphatic heterocycles. The molecule has 0 amide bonds. The average molecular weight is 325 g/mol. The molecule has 1 aromatic rings. The maximum atomic E-state index is 11.0. The predicted octanol–water partition coefficient (Wildman–Crippen LogP) is -1.93. The van der Waals surface area contributed by atoms with Crippen LogP contribution in [0, 0.1) is 6.92 Å². The van der Waals surface area contributed by atoms with Gasteiger partial charge in [0.05, 0.1) is 12.4 Å². The first-order valence-corrected chi connectivity index (χ1v) is 7.30. The van der Waals surface area contributed by atoms with Crippen LogP contribution in [0.15, 0.2) is 23.2 Å². The van der Waals surface area contributed by atoms with Crippen LogP contribution >= 0.6 is 0 Å². The predicted molar refractivity (Wildman–Crippen MR) is 70.5 cm³/mol. The summed E-state index contributed by atoms with van der Waals surface area (Å²) in [5.74, 6) is -0.289. The van der Waals surface area contributed by atoms with Crippen molar-refractivity contribution >= 4 is 21.7 Å². The molecule has 0 saturated heterocycles. The fourth-order valence-electron chi connectivity index (χ4n) is 1.43. The Labute approximate surface area is 161 Å². The molecule has 0 atom stereocenters. The minimum atomic E-state index is -3.97. The van der Waals surface area contributed by atoms with Gasteiger partial charge in [-0.3, -0.25) is 9.55 Å². The van der Waals surface area contributed by atoms with Crippen molar-refractivity contribution in [2.45, 2.75) is 20.3 Å². The van der Waals surface area contributed by atoms with Crippen molar-refractivity contribution in [1.82, 2.24) is 0 Å². The summed E-state index contributed by atoms with van der Waals surface area (Å²) in [6.07, 6.45) is 0.159. The first kappa shape index (κ1) is 20.0. The van der Waals surface area contributed by atoms with Crippen LogP contribution in [0.3, 0.4) is 0 Å². The first-order chi connectivity index (χ1) is 8.78. The van der Waals surface area contributed by atoms with Crippen LogP contribution in [0.1, 0.15) is 18.9 Å². The molecule has 0 bridgehead atoms. The molecule has 1 N–H and O–H groups in total. The molecule has 8 heteroatoms. The maximum absolute atomic E-state index is 11.0. The van der Waals surface area contributed by atoms with Crippen LogP contribution in [0.2, 0.25) is 0 Å². The Hall–Kier alpha value is 0.0364. The zero-order valence-corrected chi connectivity index (χ0v) is 15.7. The molecule has 0 unspecified atom stereocenters. The monoisotopic (exact) mass is 325 g/mol. The van der Waals surface area contributed by atoms with E-state index in [4.69, 9.17) is 9.29 Å². The Bertz CT molecular complexity index is 567. The quantitative estimate of drug-likeness (QED) is 0.216. The maximum Gasteiger partial charge on any atom is 1.00 e. The summed E-state index contributed by atoms with van der Waals surface area (Å²) in [6, 6.07) is 5.18. The molecule has 0 radical (unpaired) electrons. The normalized spacial score (nSPS) is 11.8. The van der Waals surface area contributed by atoms with Gasteiger partial charge in [0.2, 0.25) is 0 Å². The molecular weight excluding hydrogens is 309 g/mol. The van der Waals surface area contributed by atoms with Crippen molar-refractivity contribution in [2.24, 2.45) is 4.99 Å². The van der Waals surface area contributed by atoms with Crippen molar-refractivity contribution in [3.63, 3.8) is 0 Å². The van der Waals surface area contributed by atoms with Crippen LogP contribution in [0.5, 0.6) is 5.75 Å². The van der Waals surface area contributed by atoms with E-state index in [2.05, 4.69) is 4.99 Å². The Kier molecular flexibility index (Phi) is 9.15. The standard InChI is InChI=1S/C12H17NO5S.K/c1-9-4-5-12(11(8-9)13-10(2)14)18-6-3-7-19(15,16)17;/h4-5,8H,3,6-7H2,1-2H3,(H,13,14)(H,15,16,17);/q;+1/p-1. The van der Waals surface area contributed by atoms with Gasteiger partial charge in [-0.2, -0.15) is 8.42 Å². The average Bonchev–Trinajstić information content (AvgIpc) is 2.24. The number of aryl methyl sites for hydroxylation is 1.